The minimum absolute atomic E-state index is 0.0440. The third kappa shape index (κ3) is 1.99. The molecule has 0 amide bonds. The van der Waals surface area contributed by atoms with E-state index < -0.39 is 5.97 Å². The standard InChI is InChI=1S/C6H10N2O2/c1-4(8-2)5(3-7)6(9)10/h3,7-8H,1-2H3,(H,9,10)/p+1. The molecule has 4 N–H and O–H groups in total. The van der Waals surface area contributed by atoms with Gasteiger partial charge in [-0.25, -0.2) is 4.79 Å². The first kappa shape index (κ1) is 8.84. The third-order valence-electron chi connectivity index (χ3n) is 1.23. The van der Waals surface area contributed by atoms with Crippen LogP contribution in [0.2, 0.25) is 0 Å². The highest BCUT2D eigenvalue weighted by atomic mass is 16.4. The van der Waals surface area contributed by atoms with Crippen molar-refractivity contribution in [3.8, 4) is 0 Å². The van der Waals surface area contributed by atoms with Crippen LogP contribution >= 0.6 is 0 Å². The fourth-order valence-corrected chi connectivity index (χ4v) is 0.500. The van der Waals surface area contributed by atoms with Crippen molar-refractivity contribution in [2.75, 3.05) is 7.05 Å². The number of allylic oxidation sites excluding steroid dienone is 1. The Morgan fingerprint density at radius 2 is 2.20 bits per heavy atom. The lowest BCUT2D eigenvalue weighted by molar-refractivity contribution is -0.576. The molecule has 56 valence electrons. The topological polar surface area (TPSA) is 77.8 Å². The fraction of sp³-hybridized carbons (Fsp3) is 0.333. The van der Waals surface area contributed by atoms with E-state index in [4.69, 9.17) is 10.5 Å². The summed E-state index contributed by atoms with van der Waals surface area (Å²) in [6.45, 7) is 1.66. The van der Waals surface area contributed by atoms with Gasteiger partial charge in [-0.15, -0.1) is 0 Å². The first-order chi connectivity index (χ1) is 4.63. The molecule has 0 spiro atoms. The summed E-state index contributed by atoms with van der Waals surface area (Å²) >= 11 is 0. The first-order valence-corrected chi connectivity index (χ1v) is 2.87. The predicted octanol–water partition coefficient (Wildman–Crippen LogP) is -0.812. The second kappa shape index (κ2) is 3.79. The van der Waals surface area contributed by atoms with E-state index in [9.17, 15) is 4.79 Å². The Morgan fingerprint density at radius 3 is 2.30 bits per heavy atom. The summed E-state index contributed by atoms with van der Waals surface area (Å²) < 4.78 is 0. The van der Waals surface area contributed by atoms with Crippen LogP contribution in [0.3, 0.4) is 0 Å². The molecule has 10 heavy (non-hydrogen) atoms. The van der Waals surface area contributed by atoms with Crippen molar-refractivity contribution in [2.45, 2.75) is 6.92 Å². The molecular formula is C6H11N2O2+. The maximum atomic E-state index is 10.3. The molecule has 0 aliphatic carbocycles. The molecule has 0 saturated heterocycles. The van der Waals surface area contributed by atoms with E-state index >= 15 is 0 Å². The summed E-state index contributed by atoms with van der Waals surface area (Å²) in [7, 11) is 1.74. The number of aliphatic carboxylic acids is 1. The number of carboxylic acid groups (broad SMARTS) is 1. The maximum Gasteiger partial charge on any atom is 0.342 e. The highest BCUT2D eigenvalue weighted by molar-refractivity contribution is 6.07. The summed E-state index contributed by atoms with van der Waals surface area (Å²) in [5, 5.41) is 16.8. The van der Waals surface area contributed by atoms with Crippen molar-refractivity contribution in [3.05, 3.63) is 11.3 Å². The zero-order valence-electron chi connectivity index (χ0n) is 6.01. The summed E-state index contributed by atoms with van der Waals surface area (Å²) in [4.78, 5) is 10.3. The number of carbonyl (C=O) groups is 1. The molecule has 0 rings (SSSR count). The van der Waals surface area contributed by atoms with Gasteiger partial charge in [-0.1, -0.05) is 0 Å². The average molecular weight is 143 g/mol. The van der Waals surface area contributed by atoms with Gasteiger partial charge in [-0.05, 0) is 0 Å². The van der Waals surface area contributed by atoms with Crippen molar-refractivity contribution in [1.29, 1.82) is 5.41 Å². The molecule has 0 aliphatic rings. The van der Waals surface area contributed by atoms with Gasteiger partial charge in [-0.2, -0.15) is 0 Å². The van der Waals surface area contributed by atoms with E-state index in [0.29, 0.717) is 5.70 Å². The number of quaternary nitrogens is 1. The van der Waals surface area contributed by atoms with Gasteiger partial charge in [0.05, 0.1) is 7.05 Å². The van der Waals surface area contributed by atoms with Crippen LogP contribution < -0.4 is 5.32 Å². The van der Waals surface area contributed by atoms with Gasteiger partial charge in [0.2, 0.25) is 0 Å². The first-order valence-electron chi connectivity index (χ1n) is 2.87. The molecule has 0 radical (unpaired) electrons. The molecule has 0 aliphatic heterocycles. The summed E-state index contributed by atoms with van der Waals surface area (Å²) in [5.74, 6) is -1.05. The molecule has 0 aromatic rings. The largest absolute Gasteiger partial charge is 0.477 e. The van der Waals surface area contributed by atoms with Gasteiger partial charge in [-0.3, -0.25) is 0 Å². The average Bonchev–Trinajstić information content (AvgIpc) is 1.88. The monoisotopic (exact) mass is 143 g/mol. The number of hydrogen-bond donors (Lipinski definition) is 3. The smallest absolute Gasteiger partial charge is 0.342 e. The molecule has 0 bridgehead atoms. The van der Waals surface area contributed by atoms with Crippen LogP contribution in [0.25, 0.3) is 0 Å². The Bertz CT molecular complexity index is 184. The van der Waals surface area contributed by atoms with Crippen molar-refractivity contribution < 1.29 is 15.2 Å². The van der Waals surface area contributed by atoms with Crippen LogP contribution in [0, 0.1) is 5.41 Å². The lowest BCUT2D eigenvalue weighted by atomic mass is 10.2. The van der Waals surface area contributed by atoms with Gasteiger partial charge >= 0.3 is 5.97 Å². The van der Waals surface area contributed by atoms with E-state index in [1.54, 1.807) is 19.3 Å². The molecule has 0 saturated carbocycles. The van der Waals surface area contributed by atoms with E-state index in [1.165, 1.54) is 0 Å². The molecular weight excluding hydrogens is 132 g/mol. The molecule has 0 aromatic carbocycles. The van der Waals surface area contributed by atoms with Crippen LogP contribution in [-0.2, 0) is 4.79 Å². The van der Waals surface area contributed by atoms with Gasteiger partial charge in [0.25, 0.3) is 0 Å². The zero-order valence-corrected chi connectivity index (χ0v) is 6.01. The summed E-state index contributed by atoms with van der Waals surface area (Å²) in [6.07, 6.45) is 0.845. The van der Waals surface area contributed by atoms with E-state index in [1.807, 2.05) is 0 Å². The minimum Gasteiger partial charge on any atom is -0.477 e. The highest BCUT2D eigenvalue weighted by Gasteiger charge is 2.09. The van der Waals surface area contributed by atoms with Crippen LogP contribution in [0.5, 0.6) is 0 Å². The van der Waals surface area contributed by atoms with Gasteiger partial charge < -0.3 is 15.8 Å². The number of nitrogens with one attached hydrogen (secondary N) is 1. The maximum absolute atomic E-state index is 10.3. The number of hydrogen-bond acceptors (Lipinski definition) is 2. The van der Waals surface area contributed by atoms with Crippen LogP contribution in [0.4, 0.5) is 0 Å². The van der Waals surface area contributed by atoms with E-state index in [0.717, 1.165) is 6.21 Å². The number of nitrogens with two attached hydrogens (primary N) is 1. The summed E-state index contributed by atoms with van der Waals surface area (Å²) in [6, 6.07) is 0. The van der Waals surface area contributed by atoms with Gasteiger partial charge in [0, 0.05) is 13.1 Å². The van der Waals surface area contributed by atoms with Crippen molar-refractivity contribution in [2.24, 2.45) is 0 Å². The van der Waals surface area contributed by atoms with Crippen molar-refractivity contribution >= 4 is 12.2 Å². The fourth-order valence-electron chi connectivity index (χ4n) is 0.500. The molecule has 0 heterocycles. The van der Waals surface area contributed by atoms with E-state index in [2.05, 4.69) is 0 Å². The van der Waals surface area contributed by atoms with Crippen LogP contribution in [-0.4, -0.2) is 24.3 Å². The van der Waals surface area contributed by atoms with Crippen molar-refractivity contribution in [3.63, 3.8) is 0 Å². The number of carboxylic acids is 1. The SMILES string of the molecule is C[NH2+]C(C)=C(C=N)C(=O)O. The van der Waals surface area contributed by atoms with Gasteiger partial charge in [0.1, 0.15) is 11.3 Å². The minimum atomic E-state index is -1.05. The second-order valence-corrected chi connectivity index (χ2v) is 1.83. The van der Waals surface area contributed by atoms with Crippen molar-refractivity contribution in [1.82, 2.24) is 0 Å². The molecule has 0 unspecified atom stereocenters. The lowest BCUT2D eigenvalue weighted by Crippen LogP contribution is -2.77. The molecule has 4 nitrogen and oxygen atoms in total. The molecule has 0 fully saturated rings. The Labute approximate surface area is 59.1 Å². The third-order valence-corrected chi connectivity index (χ3v) is 1.23. The Kier molecular flexibility index (Phi) is 3.35. The molecule has 0 aromatic heterocycles. The van der Waals surface area contributed by atoms with Gasteiger partial charge in [0.15, 0.2) is 0 Å². The van der Waals surface area contributed by atoms with Crippen LogP contribution in [0.1, 0.15) is 6.92 Å². The van der Waals surface area contributed by atoms with Crippen LogP contribution in [0.15, 0.2) is 11.3 Å². The normalized spacial score (nSPS) is 12.2. The summed E-state index contributed by atoms with van der Waals surface area (Å²) in [5.41, 5.74) is 0.657. The van der Waals surface area contributed by atoms with E-state index in [-0.39, 0.29) is 5.57 Å². The quantitative estimate of drug-likeness (QED) is 0.357. The lowest BCUT2D eigenvalue weighted by Gasteiger charge is -1.95. The highest BCUT2D eigenvalue weighted by Crippen LogP contribution is 1.91. The number of rotatable bonds is 3. The second-order valence-electron chi connectivity index (χ2n) is 1.83. The zero-order chi connectivity index (χ0) is 8.15. The molecule has 4 heteroatoms. The Morgan fingerprint density at radius 1 is 1.70 bits per heavy atom. The molecule has 0 atom stereocenters. The predicted molar refractivity (Wildman–Crippen MR) is 37.0 cm³/mol. The Balaban J connectivity index is 4.62. The Hall–Kier alpha value is -1.16.